The van der Waals surface area contributed by atoms with Gasteiger partial charge in [-0.3, -0.25) is 0 Å². The highest BCUT2D eigenvalue weighted by atomic mass is 16.5. The van der Waals surface area contributed by atoms with E-state index >= 15 is 0 Å². The molecule has 1 heterocycles. The summed E-state index contributed by atoms with van der Waals surface area (Å²) in [6.45, 7) is 6.30. The molecule has 0 amide bonds. The van der Waals surface area contributed by atoms with Crippen molar-refractivity contribution in [2.24, 2.45) is 0 Å². The summed E-state index contributed by atoms with van der Waals surface area (Å²) in [4.78, 5) is 0. The van der Waals surface area contributed by atoms with Gasteiger partial charge in [0.15, 0.2) is 0 Å². The average Bonchev–Trinajstić information content (AvgIpc) is 2.30. The number of hydrogen-bond acceptors (Lipinski definition) is 1. The van der Waals surface area contributed by atoms with Gasteiger partial charge in [0, 0.05) is 13.1 Å². The van der Waals surface area contributed by atoms with Gasteiger partial charge in [0.25, 0.3) is 0 Å². The quantitative estimate of drug-likeness (QED) is 0.748. The number of nitrogens with zero attached hydrogens (tertiary/aromatic N) is 1. The third-order valence-corrected chi connectivity index (χ3v) is 3.43. The molecule has 2 heteroatoms. The molecule has 0 N–H and O–H groups in total. The molecule has 1 fully saturated rings. The van der Waals surface area contributed by atoms with Gasteiger partial charge in [-0.15, -0.1) is 0 Å². The zero-order valence-corrected chi connectivity index (χ0v) is 10.4. The molecule has 0 spiro atoms. The van der Waals surface area contributed by atoms with Crippen LogP contribution in [-0.4, -0.2) is 20.2 Å². The second-order valence-electron chi connectivity index (χ2n) is 4.63. The average molecular weight is 218 g/mol. The fourth-order valence-corrected chi connectivity index (χ4v) is 2.63. The van der Waals surface area contributed by atoms with E-state index in [1.54, 1.807) is 7.11 Å². The summed E-state index contributed by atoms with van der Waals surface area (Å²) in [6, 6.07) is 4.56. The number of ether oxygens (including phenoxy) is 1. The van der Waals surface area contributed by atoms with Gasteiger partial charge in [0.1, 0.15) is 5.75 Å². The van der Waals surface area contributed by atoms with Crippen LogP contribution in [0.1, 0.15) is 35.4 Å². The van der Waals surface area contributed by atoms with Gasteiger partial charge < -0.3 is 4.74 Å². The summed E-state index contributed by atoms with van der Waals surface area (Å²) >= 11 is 0. The lowest BCUT2D eigenvalue weighted by atomic mass is 9.88. The predicted octanol–water partition coefficient (Wildman–Crippen LogP) is 2.79. The minimum absolute atomic E-state index is 0.695. The Balaban J connectivity index is 2.28. The smallest absolute Gasteiger partial charge is 0.124 e. The van der Waals surface area contributed by atoms with Crippen LogP contribution < -0.4 is 10.1 Å². The summed E-state index contributed by atoms with van der Waals surface area (Å²) in [5.74, 6) is 1.73. The van der Waals surface area contributed by atoms with Gasteiger partial charge >= 0.3 is 0 Å². The van der Waals surface area contributed by atoms with E-state index in [9.17, 15) is 0 Å². The highest BCUT2D eigenvalue weighted by Gasteiger charge is 2.17. The molecule has 1 aromatic carbocycles. The Morgan fingerprint density at radius 1 is 1.12 bits per heavy atom. The van der Waals surface area contributed by atoms with Crippen molar-refractivity contribution >= 4 is 0 Å². The summed E-state index contributed by atoms with van der Waals surface area (Å²) in [7, 11) is 1.74. The van der Waals surface area contributed by atoms with Crippen LogP contribution in [0.25, 0.3) is 0 Å². The lowest BCUT2D eigenvalue weighted by Gasteiger charge is -2.23. The molecule has 0 aromatic heterocycles. The monoisotopic (exact) mass is 218 g/mol. The van der Waals surface area contributed by atoms with Crippen LogP contribution >= 0.6 is 0 Å². The van der Waals surface area contributed by atoms with E-state index < -0.39 is 0 Å². The Labute approximate surface area is 98.0 Å². The molecule has 1 saturated heterocycles. The van der Waals surface area contributed by atoms with E-state index in [0.29, 0.717) is 5.92 Å². The van der Waals surface area contributed by atoms with Gasteiger partial charge in [-0.1, -0.05) is 12.1 Å². The van der Waals surface area contributed by atoms with Crippen molar-refractivity contribution in [2.45, 2.75) is 32.6 Å². The van der Waals surface area contributed by atoms with Crippen molar-refractivity contribution in [2.75, 3.05) is 20.2 Å². The van der Waals surface area contributed by atoms with Crippen LogP contribution in [0.3, 0.4) is 0 Å². The first-order chi connectivity index (χ1) is 7.72. The van der Waals surface area contributed by atoms with Crippen molar-refractivity contribution < 1.29 is 4.74 Å². The summed E-state index contributed by atoms with van der Waals surface area (Å²) in [6.07, 6.45) is 2.40. The lowest BCUT2D eigenvalue weighted by molar-refractivity contribution is 0.407. The number of hydrogen-bond donors (Lipinski definition) is 0. The van der Waals surface area contributed by atoms with E-state index in [1.165, 1.54) is 29.5 Å². The number of aryl methyl sites for hydroxylation is 2. The maximum Gasteiger partial charge on any atom is 0.124 e. The highest BCUT2D eigenvalue weighted by Crippen LogP contribution is 2.31. The molecule has 1 aliphatic heterocycles. The van der Waals surface area contributed by atoms with Gasteiger partial charge in [-0.25, -0.2) is 5.32 Å². The molecule has 87 valence electrons. The van der Waals surface area contributed by atoms with Crippen LogP contribution in [0.5, 0.6) is 5.75 Å². The molecule has 1 aromatic rings. The first-order valence-electron chi connectivity index (χ1n) is 6.00. The van der Waals surface area contributed by atoms with E-state index in [4.69, 9.17) is 4.74 Å². The second kappa shape index (κ2) is 4.88. The van der Waals surface area contributed by atoms with Crippen molar-refractivity contribution in [3.8, 4) is 5.75 Å². The first-order valence-corrected chi connectivity index (χ1v) is 6.00. The van der Waals surface area contributed by atoms with Crippen molar-refractivity contribution in [1.82, 2.24) is 5.32 Å². The Kier molecular flexibility index (Phi) is 3.49. The maximum absolute atomic E-state index is 5.40. The molecule has 0 saturated carbocycles. The minimum Gasteiger partial charge on any atom is -0.496 e. The standard InChI is InChI=1S/C14H20NO/c1-10-8-13(9-11(2)14(10)16-3)12-4-6-15-7-5-12/h8-9,12H,4-7H2,1-3H3. The first kappa shape index (κ1) is 11.5. The van der Waals surface area contributed by atoms with Crippen LogP contribution in [0.4, 0.5) is 0 Å². The molecule has 0 atom stereocenters. The number of rotatable bonds is 2. The summed E-state index contributed by atoms with van der Waals surface area (Å²) in [5, 5.41) is 4.41. The SMILES string of the molecule is COc1c(C)cc(C2CC[N]CC2)cc1C. The third kappa shape index (κ3) is 2.22. The molecule has 2 rings (SSSR count). The third-order valence-electron chi connectivity index (χ3n) is 3.43. The Hall–Kier alpha value is -1.02. The Morgan fingerprint density at radius 3 is 2.19 bits per heavy atom. The number of methoxy groups -OCH3 is 1. The van der Waals surface area contributed by atoms with Gasteiger partial charge in [0.05, 0.1) is 7.11 Å². The second-order valence-corrected chi connectivity index (χ2v) is 4.63. The summed E-state index contributed by atoms with van der Waals surface area (Å²) < 4.78 is 5.40. The van der Waals surface area contributed by atoms with Crippen LogP contribution in [0, 0.1) is 13.8 Å². The maximum atomic E-state index is 5.40. The molecule has 2 nitrogen and oxygen atoms in total. The molecule has 1 radical (unpaired) electrons. The molecule has 1 aliphatic rings. The molecule has 0 unspecified atom stereocenters. The molecular formula is C14H20NO. The Bertz CT molecular complexity index is 344. The van der Waals surface area contributed by atoms with E-state index in [1.807, 2.05) is 0 Å². The largest absolute Gasteiger partial charge is 0.496 e. The Morgan fingerprint density at radius 2 is 1.69 bits per heavy atom. The van der Waals surface area contributed by atoms with Gasteiger partial charge in [0.2, 0.25) is 0 Å². The predicted molar refractivity (Wildman–Crippen MR) is 66.3 cm³/mol. The minimum atomic E-state index is 0.695. The van der Waals surface area contributed by atoms with Crippen LogP contribution in [0.15, 0.2) is 12.1 Å². The highest BCUT2D eigenvalue weighted by molar-refractivity contribution is 5.44. The van der Waals surface area contributed by atoms with Gasteiger partial charge in [-0.2, -0.15) is 0 Å². The zero-order valence-electron chi connectivity index (χ0n) is 10.4. The molecule has 0 aliphatic carbocycles. The molecule has 16 heavy (non-hydrogen) atoms. The number of piperidine rings is 1. The van der Waals surface area contributed by atoms with Crippen molar-refractivity contribution in [3.63, 3.8) is 0 Å². The van der Waals surface area contributed by atoms with Crippen LogP contribution in [-0.2, 0) is 0 Å². The fourth-order valence-electron chi connectivity index (χ4n) is 2.63. The fraction of sp³-hybridized carbons (Fsp3) is 0.571. The van der Waals surface area contributed by atoms with Gasteiger partial charge in [-0.05, 0) is 49.3 Å². The van der Waals surface area contributed by atoms with Crippen molar-refractivity contribution in [1.29, 1.82) is 0 Å². The number of benzene rings is 1. The zero-order chi connectivity index (χ0) is 11.5. The summed E-state index contributed by atoms with van der Waals surface area (Å²) in [5.41, 5.74) is 3.96. The van der Waals surface area contributed by atoms with E-state index in [2.05, 4.69) is 31.3 Å². The van der Waals surface area contributed by atoms with E-state index in [0.717, 1.165) is 18.8 Å². The van der Waals surface area contributed by atoms with Crippen molar-refractivity contribution in [3.05, 3.63) is 28.8 Å². The lowest BCUT2D eigenvalue weighted by Crippen LogP contribution is -2.21. The van der Waals surface area contributed by atoms with Crippen LogP contribution in [0.2, 0.25) is 0 Å². The molecular weight excluding hydrogens is 198 g/mol. The van der Waals surface area contributed by atoms with E-state index in [-0.39, 0.29) is 0 Å². The normalized spacial score (nSPS) is 17.4. The topological polar surface area (TPSA) is 23.3 Å². The molecule has 0 bridgehead atoms.